The molecule has 112 valence electrons. The second-order valence-electron chi connectivity index (χ2n) is 6.10. The summed E-state index contributed by atoms with van der Waals surface area (Å²) in [6.45, 7) is 10.7. The molecule has 1 heterocycles. The van der Waals surface area contributed by atoms with E-state index >= 15 is 0 Å². The third-order valence-corrected chi connectivity index (χ3v) is 4.39. The standard InChI is InChI=1S/C16H25BrN2O/c1-4-14-11-18-16(2,3)12-19(14)9-10-20-15-7-5-13(17)6-8-15/h5-8,14,18H,4,9-12H2,1-3H3. The maximum absolute atomic E-state index is 5.84. The molecule has 3 nitrogen and oxygen atoms in total. The Labute approximate surface area is 130 Å². The molecule has 1 aromatic rings. The summed E-state index contributed by atoms with van der Waals surface area (Å²) >= 11 is 3.44. The molecule has 0 radical (unpaired) electrons. The second kappa shape index (κ2) is 6.92. The van der Waals surface area contributed by atoms with Crippen molar-refractivity contribution in [3.63, 3.8) is 0 Å². The summed E-state index contributed by atoms with van der Waals surface area (Å²) in [5, 5.41) is 3.62. The van der Waals surface area contributed by atoms with E-state index in [1.807, 2.05) is 24.3 Å². The van der Waals surface area contributed by atoms with Gasteiger partial charge in [-0.2, -0.15) is 0 Å². The summed E-state index contributed by atoms with van der Waals surface area (Å²) in [7, 11) is 0. The molecule has 2 rings (SSSR count). The molecule has 1 aromatic carbocycles. The van der Waals surface area contributed by atoms with Crippen molar-refractivity contribution < 1.29 is 4.74 Å². The lowest BCUT2D eigenvalue weighted by Crippen LogP contribution is -2.61. The molecule has 20 heavy (non-hydrogen) atoms. The minimum atomic E-state index is 0.198. The van der Waals surface area contributed by atoms with Crippen molar-refractivity contribution >= 4 is 15.9 Å². The first kappa shape index (κ1) is 15.8. The van der Waals surface area contributed by atoms with Gasteiger partial charge in [-0.1, -0.05) is 22.9 Å². The fourth-order valence-corrected chi connectivity index (χ4v) is 2.96. The Morgan fingerprint density at radius 3 is 2.70 bits per heavy atom. The van der Waals surface area contributed by atoms with Crippen LogP contribution in [0.5, 0.6) is 5.75 Å². The quantitative estimate of drug-likeness (QED) is 0.889. The molecule has 1 saturated heterocycles. The van der Waals surface area contributed by atoms with Crippen molar-refractivity contribution in [1.82, 2.24) is 10.2 Å². The van der Waals surface area contributed by atoms with Gasteiger partial charge in [-0.05, 0) is 44.5 Å². The van der Waals surface area contributed by atoms with Crippen molar-refractivity contribution in [2.75, 3.05) is 26.2 Å². The lowest BCUT2D eigenvalue weighted by Gasteiger charge is -2.44. The maximum Gasteiger partial charge on any atom is 0.119 e. The number of benzene rings is 1. The van der Waals surface area contributed by atoms with E-state index in [9.17, 15) is 0 Å². The van der Waals surface area contributed by atoms with Crippen LogP contribution in [0.4, 0.5) is 0 Å². The first-order valence-electron chi connectivity index (χ1n) is 7.37. The highest BCUT2D eigenvalue weighted by Gasteiger charge is 2.31. The molecule has 1 N–H and O–H groups in total. The predicted octanol–water partition coefficient (Wildman–Crippen LogP) is 3.29. The molecule has 0 amide bonds. The first-order chi connectivity index (χ1) is 9.50. The molecular formula is C16H25BrN2O. The zero-order chi connectivity index (χ0) is 14.6. The molecule has 1 atom stereocenters. The predicted molar refractivity (Wildman–Crippen MR) is 87.4 cm³/mol. The summed E-state index contributed by atoms with van der Waals surface area (Å²) in [5.74, 6) is 0.940. The van der Waals surface area contributed by atoms with Gasteiger partial charge < -0.3 is 10.1 Å². The molecule has 4 heteroatoms. The molecule has 1 aliphatic heterocycles. The SMILES string of the molecule is CCC1CNC(C)(C)CN1CCOc1ccc(Br)cc1. The van der Waals surface area contributed by atoms with Gasteiger partial charge in [-0.3, -0.25) is 4.90 Å². The highest BCUT2D eigenvalue weighted by atomic mass is 79.9. The topological polar surface area (TPSA) is 24.5 Å². The number of nitrogens with zero attached hydrogens (tertiary/aromatic N) is 1. The van der Waals surface area contributed by atoms with Crippen LogP contribution in [0.15, 0.2) is 28.7 Å². The van der Waals surface area contributed by atoms with Crippen LogP contribution < -0.4 is 10.1 Å². The molecule has 1 unspecified atom stereocenters. The molecule has 0 aromatic heterocycles. The minimum Gasteiger partial charge on any atom is -0.492 e. The fourth-order valence-electron chi connectivity index (χ4n) is 2.69. The van der Waals surface area contributed by atoms with Gasteiger partial charge in [-0.25, -0.2) is 0 Å². The van der Waals surface area contributed by atoms with Crippen molar-refractivity contribution in [3.05, 3.63) is 28.7 Å². The Balaban J connectivity index is 1.83. The lowest BCUT2D eigenvalue weighted by molar-refractivity contribution is 0.0782. The van der Waals surface area contributed by atoms with Crippen LogP contribution in [0.2, 0.25) is 0 Å². The minimum absolute atomic E-state index is 0.198. The van der Waals surface area contributed by atoms with Crippen molar-refractivity contribution in [2.45, 2.75) is 38.8 Å². The van der Waals surface area contributed by atoms with E-state index in [0.29, 0.717) is 6.04 Å². The molecule has 1 aliphatic rings. The van der Waals surface area contributed by atoms with Crippen molar-refractivity contribution in [3.8, 4) is 5.75 Å². The highest BCUT2D eigenvalue weighted by Crippen LogP contribution is 2.18. The van der Waals surface area contributed by atoms with Crippen LogP contribution in [-0.4, -0.2) is 42.7 Å². The second-order valence-corrected chi connectivity index (χ2v) is 7.02. The number of hydrogen-bond acceptors (Lipinski definition) is 3. The molecular weight excluding hydrogens is 316 g/mol. The van der Waals surface area contributed by atoms with E-state index in [1.54, 1.807) is 0 Å². The van der Waals surface area contributed by atoms with Crippen molar-refractivity contribution in [1.29, 1.82) is 0 Å². The van der Waals surface area contributed by atoms with Gasteiger partial charge in [0.2, 0.25) is 0 Å². The Morgan fingerprint density at radius 2 is 2.05 bits per heavy atom. The number of halogens is 1. The Morgan fingerprint density at radius 1 is 1.35 bits per heavy atom. The monoisotopic (exact) mass is 340 g/mol. The molecule has 0 saturated carbocycles. The van der Waals surface area contributed by atoms with Gasteiger partial charge >= 0.3 is 0 Å². The lowest BCUT2D eigenvalue weighted by atomic mass is 9.98. The number of rotatable bonds is 5. The largest absolute Gasteiger partial charge is 0.492 e. The van der Waals surface area contributed by atoms with Crippen LogP contribution in [0.3, 0.4) is 0 Å². The average Bonchev–Trinajstić information content (AvgIpc) is 2.40. The van der Waals surface area contributed by atoms with Gasteiger partial charge in [-0.15, -0.1) is 0 Å². The van der Waals surface area contributed by atoms with Gasteiger partial charge in [0.05, 0.1) is 0 Å². The molecule has 0 spiro atoms. The maximum atomic E-state index is 5.84. The molecule has 0 aliphatic carbocycles. The first-order valence-corrected chi connectivity index (χ1v) is 8.17. The van der Waals surface area contributed by atoms with Gasteiger partial charge in [0, 0.05) is 35.7 Å². The van der Waals surface area contributed by atoms with E-state index < -0.39 is 0 Å². The van der Waals surface area contributed by atoms with Crippen LogP contribution in [0.25, 0.3) is 0 Å². The number of piperazine rings is 1. The smallest absolute Gasteiger partial charge is 0.119 e. The molecule has 0 bridgehead atoms. The molecule has 1 fully saturated rings. The van der Waals surface area contributed by atoms with E-state index in [2.05, 4.69) is 46.9 Å². The fraction of sp³-hybridized carbons (Fsp3) is 0.625. The van der Waals surface area contributed by atoms with Crippen LogP contribution in [0.1, 0.15) is 27.2 Å². The van der Waals surface area contributed by atoms with Crippen LogP contribution >= 0.6 is 15.9 Å². The summed E-state index contributed by atoms with van der Waals surface area (Å²) < 4.78 is 6.92. The summed E-state index contributed by atoms with van der Waals surface area (Å²) in [4.78, 5) is 2.55. The Bertz CT molecular complexity index is 419. The normalized spacial score (nSPS) is 22.7. The Hall–Kier alpha value is -0.580. The highest BCUT2D eigenvalue weighted by molar-refractivity contribution is 9.10. The third-order valence-electron chi connectivity index (χ3n) is 3.86. The average molecular weight is 341 g/mol. The number of nitrogens with one attached hydrogen (secondary N) is 1. The number of ether oxygens (including phenoxy) is 1. The van der Waals surface area contributed by atoms with E-state index in [-0.39, 0.29) is 5.54 Å². The van der Waals surface area contributed by atoms with Crippen LogP contribution in [0, 0.1) is 0 Å². The van der Waals surface area contributed by atoms with Gasteiger partial charge in [0.15, 0.2) is 0 Å². The van der Waals surface area contributed by atoms with Gasteiger partial charge in [0.25, 0.3) is 0 Å². The zero-order valence-corrected chi connectivity index (χ0v) is 14.2. The van der Waals surface area contributed by atoms with E-state index in [4.69, 9.17) is 4.74 Å². The summed E-state index contributed by atoms with van der Waals surface area (Å²) in [6.07, 6.45) is 1.18. The number of hydrogen-bond donors (Lipinski definition) is 1. The van der Waals surface area contributed by atoms with E-state index in [1.165, 1.54) is 6.42 Å². The summed E-state index contributed by atoms with van der Waals surface area (Å²) in [5.41, 5.74) is 0.198. The van der Waals surface area contributed by atoms with Crippen molar-refractivity contribution in [2.24, 2.45) is 0 Å². The summed E-state index contributed by atoms with van der Waals surface area (Å²) in [6, 6.07) is 8.65. The Kier molecular flexibility index (Phi) is 5.47. The van der Waals surface area contributed by atoms with E-state index in [0.717, 1.165) is 36.5 Å². The zero-order valence-electron chi connectivity index (χ0n) is 12.7. The van der Waals surface area contributed by atoms with Gasteiger partial charge in [0.1, 0.15) is 12.4 Å². The van der Waals surface area contributed by atoms with Crippen LogP contribution in [-0.2, 0) is 0 Å². The third kappa shape index (κ3) is 4.47.